The Hall–Kier alpha value is -4.18. The molecule has 7 heteroatoms. The second-order valence-electron chi connectivity index (χ2n) is 5.78. The lowest BCUT2D eigenvalue weighted by Gasteiger charge is -2.09. The van der Waals surface area contributed by atoms with Gasteiger partial charge in [0, 0.05) is 11.4 Å². The molecular formula is C21H16N4O3. The lowest BCUT2D eigenvalue weighted by atomic mass is 10.2. The Kier molecular flexibility index (Phi) is 5.63. The minimum Gasteiger partial charge on any atom is -0.465 e. The predicted molar refractivity (Wildman–Crippen MR) is 104 cm³/mol. The molecule has 2 aromatic carbocycles. The van der Waals surface area contributed by atoms with Gasteiger partial charge < -0.3 is 15.4 Å². The second-order valence-corrected chi connectivity index (χ2v) is 5.78. The van der Waals surface area contributed by atoms with Crippen molar-refractivity contribution in [2.24, 2.45) is 0 Å². The van der Waals surface area contributed by atoms with E-state index in [-0.39, 0.29) is 11.6 Å². The van der Waals surface area contributed by atoms with Gasteiger partial charge in [0.05, 0.1) is 36.2 Å². The van der Waals surface area contributed by atoms with Gasteiger partial charge in [-0.25, -0.2) is 9.78 Å². The van der Waals surface area contributed by atoms with Crippen LogP contribution in [0.15, 0.2) is 66.9 Å². The first-order valence-corrected chi connectivity index (χ1v) is 8.32. The number of amides is 1. The van der Waals surface area contributed by atoms with Crippen LogP contribution in [0, 0.1) is 11.3 Å². The van der Waals surface area contributed by atoms with E-state index in [1.165, 1.54) is 13.3 Å². The van der Waals surface area contributed by atoms with E-state index < -0.39 is 5.97 Å². The quantitative estimate of drug-likeness (QED) is 0.661. The van der Waals surface area contributed by atoms with Crippen molar-refractivity contribution in [2.75, 3.05) is 17.7 Å². The zero-order valence-corrected chi connectivity index (χ0v) is 15.0. The summed E-state index contributed by atoms with van der Waals surface area (Å²) in [7, 11) is 1.33. The molecule has 0 aliphatic carbocycles. The minimum atomic E-state index is -0.422. The van der Waals surface area contributed by atoms with E-state index in [1.807, 2.05) is 6.07 Å². The molecule has 1 amide bonds. The van der Waals surface area contributed by atoms with Crippen LogP contribution in [0.3, 0.4) is 0 Å². The number of aromatic nitrogens is 1. The first-order valence-electron chi connectivity index (χ1n) is 8.32. The number of carbonyl (C=O) groups is 2. The van der Waals surface area contributed by atoms with Gasteiger partial charge in [0.1, 0.15) is 5.69 Å². The largest absolute Gasteiger partial charge is 0.465 e. The van der Waals surface area contributed by atoms with Crippen LogP contribution in [0.4, 0.5) is 17.1 Å². The summed E-state index contributed by atoms with van der Waals surface area (Å²) >= 11 is 0. The summed E-state index contributed by atoms with van der Waals surface area (Å²) in [4.78, 5) is 28.1. The molecule has 0 bridgehead atoms. The maximum absolute atomic E-state index is 12.3. The van der Waals surface area contributed by atoms with Gasteiger partial charge in [-0.2, -0.15) is 5.26 Å². The first-order chi connectivity index (χ1) is 13.6. The predicted octanol–water partition coefficient (Wildman–Crippen LogP) is 3.74. The molecule has 1 heterocycles. The number of methoxy groups -OCH3 is 1. The first kappa shape index (κ1) is 18.6. The van der Waals surface area contributed by atoms with Crippen molar-refractivity contribution < 1.29 is 14.3 Å². The molecule has 0 radical (unpaired) electrons. The van der Waals surface area contributed by atoms with Crippen molar-refractivity contribution in [1.29, 1.82) is 5.26 Å². The zero-order valence-electron chi connectivity index (χ0n) is 15.0. The average Bonchev–Trinajstić information content (AvgIpc) is 2.74. The van der Waals surface area contributed by atoms with Crippen LogP contribution in [0.2, 0.25) is 0 Å². The van der Waals surface area contributed by atoms with Gasteiger partial charge in [-0.05, 0) is 48.5 Å². The molecule has 3 aromatic rings. The summed E-state index contributed by atoms with van der Waals surface area (Å²) in [6, 6.07) is 18.8. The fourth-order valence-corrected chi connectivity index (χ4v) is 2.47. The molecule has 0 saturated carbocycles. The number of benzene rings is 2. The Morgan fingerprint density at radius 1 is 1.00 bits per heavy atom. The van der Waals surface area contributed by atoms with E-state index in [4.69, 9.17) is 10.00 Å². The fraction of sp³-hybridized carbons (Fsp3) is 0.0476. The maximum atomic E-state index is 12.3. The highest BCUT2D eigenvalue weighted by Gasteiger charge is 2.09. The third-order valence-electron chi connectivity index (χ3n) is 3.82. The minimum absolute atomic E-state index is 0.233. The summed E-state index contributed by atoms with van der Waals surface area (Å²) in [5.74, 6) is -0.802. The highest BCUT2D eigenvalue weighted by atomic mass is 16.5. The Balaban J connectivity index is 1.68. The standard InChI is InChI=1S/C21H16N4O3/c1-28-21(27)15-5-3-7-17(11-15)24-18-8-9-19(23-13-18)20(26)25-16-6-2-4-14(10-16)12-22/h2-11,13,24H,1H3,(H,25,26). The fourth-order valence-electron chi connectivity index (χ4n) is 2.47. The van der Waals surface area contributed by atoms with Gasteiger partial charge in [-0.15, -0.1) is 0 Å². The number of rotatable bonds is 5. The number of ether oxygens (including phenoxy) is 1. The molecule has 138 valence electrons. The maximum Gasteiger partial charge on any atom is 0.337 e. The molecule has 0 fully saturated rings. The number of hydrogen-bond donors (Lipinski definition) is 2. The normalized spacial score (nSPS) is 9.86. The van der Waals surface area contributed by atoms with Gasteiger partial charge in [0.25, 0.3) is 5.91 Å². The third kappa shape index (κ3) is 4.51. The van der Waals surface area contributed by atoms with Crippen molar-refractivity contribution in [1.82, 2.24) is 4.98 Å². The number of esters is 1. The van der Waals surface area contributed by atoms with E-state index in [0.717, 1.165) is 0 Å². The van der Waals surface area contributed by atoms with Crippen molar-refractivity contribution >= 4 is 28.9 Å². The van der Waals surface area contributed by atoms with Gasteiger partial charge >= 0.3 is 5.97 Å². The van der Waals surface area contributed by atoms with Gasteiger partial charge in [0.2, 0.25) is 0 Å². The number of anilines is 3. The SMILES string of the molecule is COC(=O)c1cccc(Nc2ccc(C(=O)Nc3cccc(C#N)c3)nc2)c1. The zero-order chi connectivity index (χ0) is 19.9. The summed E-state index contributed by atoms with van der Waals surface area (Å²) < 4.78 is 4.71. The molecule has 0 unspecified atom stereocenters. The number of nitrogens with zero attached hydrogens (tertiary/aromatic N) is 2. The van der Waals surface area contributed by atoms with Crippen LogP contribution < -0.4 is 10.6 Å². The van der Waals surface area contributed by atoms with Gasteiger partial charge in [0.15, 0.2) is 0 Å². The van der Waals surface area contributed by atoms with Gasteiger partial charge in [-0.1, -0.05) is 12.1 Å². The summed E-state index contributed by atoms with van der Waals surface area (Å²) in [6.45, 7) is 0. The number of nitriles is 1. The molecule has 7 nitrogen and oxygen atoms in total. The molecule has 0 atom stereocenters. The lowest BCUT2D eigenvalue weighted by Crippen LogP contribution is -2.13. The Morgan fingerprint density at radius 2 is 1.79 bits per heavy atom. The molecule has 3 rings (SSSR count). The molecule has 0 spiro atoms. The molecular weight excluding hydrogens is 356 g/mol. The molecule has 2 N–H and O–H groups in total. The number of carbonyl (C=O) groups excluding carboxylic acids is 2. The molecule has 0 saturated heterocycles. The topological polar surface area (TPSA) is 104 Å². The lowest BCUT2D eigenvalue weighted by molar-refractivity contribution is 0.0600. The van der Waals surface area contributed by atoms with E-state index in [1.54, 1.807) is 60.7 Å². The Bertz CT molecular complexity index is 1060. The monoisotopic (exact) mass is 372 g/mol. The smallest absolute Gasteiger partial charge is 0.337 e. The summed E-state index contributed by atoms with van der Waals surface area (Å²) in [6.07, 6.45) is 1.52. The molecule has 0 aliphatic rings. The highest BCUT2D eigenvalue weighted by molar-refractivity contribution is 6.03. The van der Waals surface area contributed by atoms with Gasteiger partial charge in [-0.3, -0.25) is 4.79 Å². The van der Waals surface area contributed by atoms with Crippen LogP contribution >= 0.6 is 0 Å². The highest BCUT2D eigenvalue weighted by Crippen LogP contribution is 2.18. The molecule has 0 aliphatic heterocycles. The van der Waals surface area contributed by atoms with E-state index in [0.29, 0.717) is 28.2 Å². The van der Waals surface area contributed by atoms with Crippen LogP contribution in [0.1, 0.15) is 26.4 Å². The van der Waals surface area contributed by atoms with Crippen molar-refractivity contribution in [3.05, 3.63) is 83.7 Å². The number of nitrogens with one attached hydrogen (secondary N) is 2. The van der Waals surface area contributed by atoms with Crippen LogP contribution in [0.25, 0.3) is 0 Å². The van der Waals surface area contributed by atoms with Crippen LogP contribution in [0.5, 0.6) is 0 Å². The Morgan fingerprint density at radius 3 is 2.50 bits per heavy atom. The van der Waals surface area contributed by atoms with E-state index in [9.17, 15) is 9.59 Å². The van der Waals surface area contributed by atoms with E-state index >= 15 is 0 Å². The molecule has 28 heavy (non-hydrogen) atoms. The van der Waals surface area contributed by atoms with E-state index in [2.05, 4.69) is 15.6 Å². The number of hydrogen-bond acceptors (Lipinski definition) is 6. The second kappa shape index (κ2) is 8.47. The Labute approximate surface area is 161 Å². The third-order valence-corrected chi connectivity index (χ3v) is 3.82. The number of pyridine rings is 1. The van der Waals surface area contributed by atoms with Crippen molar-refractivity contribution in [3.8, 4) is 6.07 Å². The molecule has 1 aromatic heterocycles. The summed E-state index contributed by atoms with van der Waals surface area (Å²) in [5, 5.41) is 14.7. The van der Waals surface area contributed by atoms with Crippen LogP contribution in [-0.2, 0) is 4.74 Å². The van der Waals surface area contributed by atoms with Crippen molar-refractivity contribution in [3.63, 3.8) is 0 Å². The van der Waals surface area contributed by atoms with Crippen LogP contribution in [-0.4, -0.2) is 24.0 Å². The summed E-state index contributed by atoms with van der Waals surface area (Å²) in [5.41, 5.74) is 2.99. The van der Waals surface area contributed by atoms with Crippen molar-refractivity contribution in [2.45, 2.75) is 0 Å². The average molecular weight is 372 g/mol.